The van der Waals surface area contributed by atoms with Crippen molar-refractivity contribution in [2.45, 2.75) is 57.5 Å². The number of nitrogens with two attached hydrogens (primary N) is 1. The molecule has 6 heteroatoms. The standard InChI is InChI=1S/C27H36N4O2/c28-25-8-4-1-5-23(25)17-26(32)22-11-9-20(10-12-22)18-31(19-21-13-15-29-16-14-21)27(33)30-24-6-2-3-7-24/h1,4-5,8-12,21,24,29H,2-3,6-7,13-19,28H2,(H,30,33). The average molecular weight is 449 g/mol. The monoisotopic (exact) mass is 448 g/mol. The van der Waals surface area contributed by atoms with Crippen LogP contribution in [0.3, 0.4) is 0 Å². The Morgan fingerprint density at radius 3 is 2.36 bits per heavy atom. The Balaban J connectivity index is 1.40. The molecule has 0 spiro atoms. The van der Waals surface area contributed by atoms with E-state index in [0.717, 1.165) is 56.4 Å². The maximum Gasteiger partial charge on any atom is 0.317 e. The maximum absolute atomic E-state index is 13.1. The summed E-state index contributed by atoms with van der Waals surface area (Å²) < 4.78 is 0. The SMILES string of the molecule is Nc1ccccc1CC(=O)c1ccc(CN(CC2CCNCC2)C(=O)NC2CCCC2)cc1. The number of para-hydroxylation sites is 1. The number of nitrogens with one attached hydrogen (secondary N) is 2. The molecule has 0 bridgehead atoms. The normalized spacial score (nSPS) is 17.1. The summed E-state index contributed by atoms with van der Waals surface area (Å²) in [6, 6.07) is 15.5. The summed E-state index contributed by atoms with van der Waals surface area (Å²) >= 11 is 0. The quantitative estimate of drug-likeness (QED) is 0.418. The van der Waals surface area contributed by atoms with E-state index in [9.17, 15) is 9.59 Å². The van der Waals surface area contributed by atoms with E-state index in [1.54, 1.807) is 0 Å². The molecule has 1 saturated heterocycles. The molecule has 2 amide bonds. The number of nitrogens with zero attached hydrogens (tertiary/aromatic N) is 1. The van der Waals surface area contributed by atoms with Gasteiger partial charge in [-0.15, -0.1) is 0 Å². The molecule has 4 N–H and O–H groups in total. The van der Waals surface area contributed by atoms with Gasteiger partial charge in [-0.25, -0.2) is 4.79 Å². The minimum atomic E-state index is 0.0418. The van der Waals surface area contributed by atoms with Crippen LogP contribution in [-0.4, -0.2) is 42.4 Å². The first-order chi connectivity index (χ1) is 16.1. The number of Topliss-reactive ketones (excluding diaryl/α,β-unsaturated/α-hetero) is 1. The highest BCUT2D eigenvalue weighted by Gasteiger charge is 2.24. The zero-order valence-electron chi connectivity index (χ0n) is 19.4. The molecule has 33 heavy (non-hydrogen) atoms. The Hall–Kier alpha value is -2.86. The first-order valence-corrected chi connectivity index (χ1v) is 12.3. The van der Waals surface area contributed by atoms with Gasteiger partial charge in [-0.1, -0.05) is 55.3 Å². The highest BCUT2D eigenvalue weighted by atomic mass is 16.2. The summed E-state index contributed by atoms with van der Waals surface area (Å²) in [5.74, 6) is 0.572. The van der Waals surface area contributed by atoms with Crippen molar-refractivity contribution in [3.8, 4) is 0 Å². The Labute approximate surface area is 196 Å². The van der Waals surface area contributed by atoms with Crippen molar-refractivity contribution in [3.63, 3.8) is 0 Å². The third kappa shape index (κ3) is 6.57. The lowest BCUT2D eigenvalue weighted by molar-refractivity contribution is 0.0993. The zero-order valence-corrected chi connectivity index (χ0v) is 19.4. The molecule has 0 unspecified atom stereocenters. The van der Waals surface area contributed by atoms with Gasteiger partial charge in [0.1, 0.15) is 0 Å². The van der Waals surface area contributed by atoms with E-state index in [4.69, 9.17) is 5.73 Å². The topological polar surface area (TPSA) is 87.5 Å². The van der Waals surface area contributed by atoms with Crippen molar-refractivity contribution in [1.82, 2.24) is 15.5 Å². The molecule has 1 aliphatic carbocycles. The third-order valence-corrected chi connectivity index (χ3v) is 6.96. The number of anilines is 1. The molecular formula is C27H36N4O2. The fourth-order valence-electron chi connectivity index (χ4n) is 4.92. The van der Waals surface area contributed by atoms with Crippen molar-refractivity contribution >= 4 is 17.5 Å². The second kappa shape index (κ2) is 11.3. The number of hydrogen-bond donors (Lipinski definition) is 3. The Bertz CT molecular complexity index is 931. The van der Waals surface area contributed by atoms with Crippen molar-refractivity contribution in [2.75, 3.05) is 25.4 Å². The fourth-order valence-corrected chi connectivity index (χ4v) is 4.92. The lowest BCUT2D eigenvalue weighted by atomic mass is 9.97. The summed E-state index contributed by atoms with van der Waals surface area (Å²) in [5, 5.41) is 6.66. The van der Waals surface area contributed by atoms with Gasteiger partial charge in [-0.3, -0.25) is 4.79 Å². The van der Waals surface area contributed by atoms with Crippen LogP contribution in [0.5, 0.6) is 0 Å². The predicted molar refractivity (Wildman–Crippen MR) is 132 cm³/mol. The van der Waals surface area contributed by atoms with E-state index in [2.05, 4.69) is 10.6 Å². The van der Waals surface area contributed by atoms with E-state index < -0.39 is 0 Å². The van der Waals surface area contributed by atoms with Crippen LogP contribution in [0.1, 0.15) is 60.0 Å². The molecule has 1 heterocycles. The first kappa shape index (κ1) is 23.3. The van der Waals surface area contributed by atoms with Gasteiger partial charge in [0, 0.05) is 36.8 Å². The maximum atomic E-state index is 13.1. The van der Waals surface area contributed by atoms with E-state index in [-0.39, 0.29) is 18.2 Å². The molecule has 6 nitrogen and oxygen atoms in total. The van der Waals surface area contributed by atoms with Gasteiger partial charge in [-0.2, -0.15) is 0 Å². The van der Waals surface area contributed by atoms with E-state index >= 15 is 0 Å². The summed E-state index contributed by atoms with van der Waals surface area (Å²) in [6.45, 7) is 3.37. The molecule has 0 atom stereocenters. The number of hydrogen-bond acceptors (Lipinski definition) is 4. The Morgan fingerprint density at radius 2 is 1.67 bits per heavy atom. The lowest BCUT2D eigenvalue weighted by Gasteiger charge is -2.31. The number of carbonyl (C=O) groups excluding carboxylic acids is 2. The number of urea groups is 1. The molecule has 0 radical (unpaired) electrons. The van der Waals surface area contributed by atoms with Gasteiger partial charge in [0.05, 0.1) is 0 Å². The van der Waals surface area contributed by atoms with E-state index in [0.29, 0.717) is 29.8 Å². The Kier molecular flexibility index (Phi) is 8.00. The minimum absolute atomic E-state index is 0.0418. The molecule has 1 saturated carbocycles. The van der Waals surface area contributed by atoms with E-state index in [1.165, 1.54) is 12.8 Å². The van der Waals surface area contributed by atoms with Crippen molar-refractivity contribution in [2.24, 2.45) is 5.92 Å². The van der Waals surface area contributed by atoms with Gasteiger partial charge in [0.2, 0.25) is 0 Å². The molecule has 4 rings (SSSR count). The van der Waals surface area contributed by atoms with Crippen LogP contribution >= 0.6 is 0 Å². The van der Waals surface area contributed by atoms with Crippen LogP contribution in [0, 0.1) is 5.92 Å². The fraction of sp³-hybridized carbons (Fsp3) is 0.481. The third-order valence-electron chi connectivity index (χ3n) is 6.96. The van der Waals surface area contributed by atoms with Crippen LogP contribution in [0.2, 0.25) is 0 Å². The number of amides is 2. The zero-order chi connectivity index (χ0) is 23.0. The summed E-state index contributed by atoms with van der Waals surface area (Å²) in [7, 11) is 0. The van der Waals surface area contributed by atoms with Crippen LogP contribution < -0.4 is 16.4 Å². The average Bonchev–Trinajstić information content (AvgIpc) is 3.34. The first-order valence-electron chi connectivity index (χ1n) is 12.3. The minimum Gasteiger partial charge on any atom is -0.398 e. The molecule has 1 aliphatic heterocycles. The highest BCUT2D eigenvalue weighted by Crippen LogP contribution is 2.20. The highest BCUT2D eigenvalue weighted by molar-refractivity contribution is 5.98. The number of nitrogen functional groups attached to an aromatic ring is 1. The lowest BCUT2D eigenvalue weighted by Crippen LogP contribution is -2.46. The van der Waals surface area contributed by atoms with Gasteiger partial charge >= 0.3 is 6.03 Å². The van der Waals surface area contributed by atoms with Crippen LogP contribution in [0.4, 0.5) is 10.5 Å². The molecule has 2 aromatic carbocycles. The predicted octanol–water partition coefficient (Wildman–Crippen LogP) is 4.15. The van der Waals surface area contributed by atoms with Gasteiger partial charge in [0.25, 0.3) is 0 Å². The number of rotatable bonds is 8. The summed E-state index contributed by atoms with van der Waals surface area (Å²) in [5.41, 5.74) is 9.19. The van der Waals surface area contributed by atoms with Crippen LogP contribution in [0.25, 0.3) is 0 Å². The van der Waals surface area contributed by atoms with Crippen LogP contribution in [0.15, 0.2) is 48.5 Å². The number of ketones is 1. The molecule has 0 aromatic heterocycles. The van der Waals surface area contributed by atoms with Crippen molar-refractivity contribution in [3.05, 3.63) is 65.2 Å². The molecule has 2 aromatic rings. The smallest absolute Gasteiger partial charge is 0.317 e. The largest absolute Gasteiger partial charge is 0.398 e. The van der Waals surface area contributed by atoms with Gasteiger partial charge < -0.3 is 21.3 Å². The number of carbonyl (C=O) groups is 2. The number of benzene rings is 2. The summed E-state index contributed by atoms with van der Waals surface area (Å²) in [4.78, 5) is 27.8. The molecule has 176 valence electrons. The second-order valence-corrected chi connectivity index (χ2v) is 9.50. The van der Waals surface area contributed by atoms with Crippen LogP contribution in [-0.2, 0) is 13.0 Å². The Morgan fingerprint density at radius 1 is 0.970 bits per heavy atom. The molecular weight excluding hydrogens is 412 g/mol. The van der Waals surface area contributed by atoms with Gasteiger partial charge in [0.15, 0.2) is 5.78 Å². The van der Waals surface area contributed by atoms with E-state index in [1.807, 2.05) is 53.4 Å². The van der Waals surface area contributed by atoms with Crippen molar-refractivity contribution < 1.29 is 9.59 Å². The second-order valence-electron chi connectivity index (χ2n) is 9.50. The molecule has 2 aliphatic rings. The number of piperidine rings is 1. The molecule has 2 fully saturated rings. The summed E-state index contributed by atoms with van der Waals surface area (Å²) in [6.07, 6.45) is 7.04. The van der Waals surface area contributed by atoms with Crippen molar-refractivity contribution in [1.29, 1.82) is 0 Å². The van der Waals surface area contributed by atoms with Gasteiger partial charge in [-0.05, 0) is 61.9 Å².